The third-order valence-electron chi connectivity index (χ3n) is 17.0. The second-order valence-corrected chi connectivity index (χ2v) is 24.1. The smallest absolute Gasteiger partial charge is 0.329 e. The van der Waals surface area contributed by atoms with Gasteiger partial charge in [-0.05, 0) is 73.5 Å². The van der Waals surface area contributed by atoms with Crippen LogP contribution in [0.15, 0.2) is 59.6 Å². The number of hydrogen-bond donors (Lipinski definition) is 16. The number of hydrogen-bond acceptors (Lipinski definition) is 19. The molecule has 0 aromatic heterocycles. The molecule has 2 aromatic rings. The molecule has 2 aliphatic rings. The maximum absolute atomic E-state index is 14.4. The molecular weight excluding hydrogens is 1210 g/mol. The SMILES string of the molecule is CC[C@H](C)[C@H](NC(=O)[C@H](N)Cc1ccc(-c2ccccc2)cc1)C(=O)N[C@@H](CO)C(=O)N[C@H](CCC(N)=O)C(=O)N[C@@H](C(=O)N[C@H](C(=O)N[C@@H](CO)C(=O)N[C@H]1C(=O)N[C@@H](C)C(=O)N[C@@H](C[C@H]2CN=C(N)N2)C(=O)N[C@@H]([C@@H](C)CC)C(=O)O[C@H]1C)[C@@H](C)CC)[C@@H](C)CC. The minimum absolute atomic E-state index is 0.0132. The highest BCUT2D eigenvalue weighted by Gasteiger charge is 2.41. The van der Waals surface area contributed by atoms with Crippen LogP contribution in [0.4, 0.5) is 0 Å². The minimum atomic E-state index is -1.83. The fraction of sp³-hybridized carbons (Fsp3) is 0.603. The number of esters is 1. The van der Waals surface area contributed by atoms with Crippen LogP contribution in [0.3, 0.4) is 0 Å². The summed E-state index contributed by atoms with van der Waals surface area (Å²) in [7, 11) is 0. The Bertz CT molecular complexity index is 2960. The lowest BCUT2D eigenvalue weighted by atomic mass is 9.94. The summed E-state index contributed by atoms with van der Waals surface area (Å²) in [6.45, 7) is 14.2. The number of benzene rings is 2. The number of rotatable bonds is 32. The first-order valence-corrected chi connectivity index (χ1v) is 31.7. The minimum Gasteiger partial charge on any atom is -0.458 e. The molecule has 0 aliphatic carbocycles. The molecule has 0 radical (unpaired) electrons. The van der Waals surface area contributed by atoms with E-state index in [4.69, 9.17) is 21.9 Å². The summed E-state index contributed by atoms with van der Waals surface area (Å²) in [4.78, 5) is 170. The van der Waals surface area contributed by atoms with Gasteiger partial charge in [-0.3, -0.25) is 57.7 Å². The first-order valence-electron chi connectivity index (χ1n) is 31.7. The monoisotopic (exact) mass is 1300 g/mol. The topological polar surface area (TPSA) is 477 Å². The number of cyclic esters (lactones) is 1. The van der Waals surface area contributed by atoms with Crippen LogP contribution in [-0.2, 0) is 68.7 Å². The third-order valence-corrected chi connectivity index (χ3v) is 17.0. The van der Waals surface area contributed by atoms with Gasteiger partial charge in [-0.1, -0.05) is 136 Å². The lowest BCUT2D eigenvalue weighted by Crippen LogP contribution is -2.63. The maximum Gasteiger partial charge on any atom is 0.329 e. The lowest BCUT2D eigenvalue weighted by Gasteiger charge is -2.31. The first-order chi connectivity index (χ1) is 44.0. The van der Waals surface area contributed by atoms with Gasteiger partial charge in [-0.25, -0.2) is 4.79 Å². The number of primary amides is 1. The first kappa shape index (κ1) is 76.7. The second-order valence-electron chi connectivity index (χ2n) is 24.1. The van der Waals surface area contributed by atoms with Crippen molar-refractivity contribution in [1.82, 2.24) is 58.5 Å². The van der Waals surface area contributed by atoms with Crippen molar-refractivity contribution in [2.75, 3.05) is 19.8 Å². The highest BCUT2D eigenvalue weighted by molar-refractivity contribution is 6.00. The number of amides is 11. The number of aliphatic hydroxyl groups excluding tert-OH is 2. The zero-order valence-electron chi connectivity index (χ0n) is 54.7. The predicted molar refractivity (Wildman–Crippen MR) is 343 cm³/mol. The van der Waals surface area contributed by atoms with E-state index in [9.17, 15) is 67.7 Å². The van der Waals surface area contributed by atoms with Gasteiger partial charge in [0, 0.05) is 6.42 Å². The van der Waals surface area contributed by atoms with E-state index in [2.05, 4.69) is 63.5 Å². The van der Waals surface area contributed by atoms with Crippen molar-refractivity contribution < 1.29 is 72.5 Å². The van der Waals surface area contributed by atoms with Gasteiger partial charge in [-0.15, -0.1) is 0 Å². The molecule has 0 spiro atoms. The zero-order chi connectivity index (χ0) is 69.4. The second kappa shape index (κ2) is 37.1. The van der Waals surface area contributed by atoms with Crippen molar-refractivity contribution in [3.63, 3.8) is 0 Å². The van der Waals surface area contributed by atoms with Crippen LogP contribution in [0.1, 0.15) is 120 Å². The zero-order valence-corrected chi connectivity index (χ0v) is 54.7. The molecule has 1 fully saturated rings. The van der Waals surface area contributed by atoms with E-state index in [0.29, 0.717) is 12.8 Å². The number of nitrogens with two attached hydrogens (primary N) is 3. The number of carbonyl (C=O) groups is 12. The van der Waals surface area contributed by atoms with Gasteiger partial charge in [0.25, 0.3) is 0 Å². The van der Waals surface area contributed by atoms with Crippen molar-refractivity contribution in [2.45, 2.75) is 199 Å². The number of aliphatic imine (C=N–C) groups is 1. The van der Waals surface area contributed by atoms with Crippen molar-refractivity contribution in [2.24, 2.45) is 45.9 Å². The maximum atomic E-state index is 14.4. The Labute approximate surface area is 542 Å². The standard InChI is InChI=1S/C63H97N15O15/c1-11-31(5)47(74-53(83)41(64)26-37-20-22-39(23-21-37)38-18-16-15-17-19-38)58(88)72-44(29-79)56(86)70-42(24-25-46(65)81)54(84)75-49(33(7)13-3)60(90)76-48(32(6)12-2)59(89)73-45(30-80)57(87)78-51-36(10)93-62(92)50(34(8)14-4)77-55(85)43(27-40-28-67-63(66)69-40)71-52(82)35(9)68-61(51)91/h15-23,31-36,40-45,47-51,79-80H,11-14,24-30,64H2,1-10H3,(H2,65,81)(H,68,91)(H,70,86)(H,71,82)(H,72,88)(H,73,89)(H,74,83)(H,75,84)(H,76,90)(H,77,85)(H,78,87)(H3,66,67,69)/t31-,32-,33-,34-,35-,36-,40-,41+,42+,43-,44-,45-,47-,48-,49+,50-,51+/m0/s1. The summed E-state index contributed by atoms with van der Waals surface area (Å²) in [5.41, 5.74) is 20.3. The molecular formula is C63H97N15O15. The number of ether oxygens (including phenoxy) is 1. The molecule has 2 heterocycles. The Kier molecular flexibility index (Phi) is 30.6. The van der Waals surface area contributed by atoms with Gasteiger partial charge in [0.15, 0.2) is 5.96 Å². The van der Waals surface area contributed by atoms with Gasteiger partial charge >= 0.3 is 5.97 Å². The van der Waals surface area contributed by atoms with E-state index in [1.165, 1.54) is 13.8 Å². The molecule has 30 nitrogen and oxygen atoms in total. The lowest BCUT2D eigenvalue weighted by molar-refractivity contribution is -0.157. The Morgan fingerprint density at radius 2 is 1.10 bits per heavy atom. The molecule has 11 amide bonds. The van der Waals surface area contributed by atoms with Gasteiger partial charge in [0.1, 0.15) is 66.5 Å². The van der Waals surface area contributed by atoms with E-state index in [-0.39, 0.29) is 38.2 Å². The van der Waals surface area contributed by atoms with Crippen molar-refractivity contribution >= 4 is 76.9 Å². The van der Waals surface area contributed by atoms with E-state index < -0.39 is 199 Å². The predicted octanol–water partition coefficient (Wildman–Crippen LogP) is -2.85. The number of nitrogens with one attached hydrogen (secondary N) is 11. The van der Waals surface area contributed by atoms with Crippen LogP contribution in [0.25, 0.3) is 11.1 Å². The van der Waals surface area contributed by atoms with Crippen LogP contribution in [0, 0.1) is 23.7 Å². The molecule has 1 saturated heterocycles. The molecule has 17 atom stereocenters. The van der Waals surface area contributed by atoms with Gasteiger partial charge in [-0.2, -0.15) is 0 Å². The Morgan fingerprint density at radius 1 is 0.602 bits per heavy atom. The van der Waals surface area contributed by atoms with Gasteiger partial charge in [0.05, 0.1) is 31.8 Å². The van der Waals surface area contributed by atoms with Gasteiger partial charge < -0.3 is 90.6 Å². The van der Waals surface area contributed by atoms with Crippen molar-refractivity contribution in [1.29, 1.82) is 0 Å². The number of aliphatic hydroxyl groups is 2. The summed E-state index contributed by atoms with van der Waals surface area (Å²) in [6, 6.07) is 0.647. The molecule has 30 heteroatoms. The Hall–Kier alpha value is -8.77. The molecule has 0 saturated carbocycles. The fourth-order valence-electron chi connectivity index (χ4n) is 10.1. The van der Waals surface area contributed by atoms with Crippen molar-refractivity contribution in [3.05, 3.63) is 60.2 Å². The molecule has 4 rings (SSSR count). The summed E-state index contributed by atoms with van der Waals surface area (Å²) < 4.78 is 5.73. The molecule has 0 bridgehead atoms. The fourth-order valence-corrected chi connectivity index (χ4v) is 10.1. The van der Waals surface area contributed by atoms with Crippen LogP contribution in [-0.4, -0.2) is 185 Å². The number of nitrogens with zero attached hydrogens (tertiary/aromatic N) is 1. The summed E-state index contributed by atoms with van der Waals surface area (Å²) in [5, 5.41) is 49.3. The van der Waals surface area contributed by atoms with Crippen LogP contribution in [0.5, 0.6) is 0 Å². The molecule has 514 valence electrons. The van der Waals surface area contributed by atoms with E-state index in [1.807, 2.05) is 54.6 Å². The van der Waals surface area contributed by atoms with E-state index in [1.54, 1.807) is 55.4 Å². The molecule has 93 heavy (non-hydrogen) atoms. The molecule has 2 aromatic carbocycles. The normalized spacial score (nSPS) is 22.1. The Morgan fingerprint density at radius 3 is 1.60 bits per heavy atom. The average molecular weight is 1300 g/mol. The highest BCUT2D eigenvalue weighted by atomic mass is 16.5. The van der Waals surface area contributed by atoms with Crippen LogP contribution in [0.2, 0.25) is 0 Å². The molecule has 19 N–H and O–H groups in total. The summed E-state index contributed by atoms with van der Waals surface area (Å²) in [5.74, 6) is -13.4. The largest absolute Gasteiger partial charge is 0.458 e. The molecule has 2 aliphatic heterocycles. The average Bonchev–Trinajstić information content (AvgIpc) is 2.11. The van der Waals surface area contributed by atoms with Crippen LogP contribution < -0.4 is 75.7 Å². The third kappa shape index (κ3) is 22.8. The quantitative estimate of drug-likeness (QED) is 0.0328. The number of carbonyl (C=O) groups excluding carboxylic acids is 12. The summed E-state index contributed by atoms with van der Waals surface area (Å²) in [6.07, 6.45) is -1.01. The highest BCUT2D eigenvalue weighted by Crippen LogP contribution is 2.21. The Balaban J connectivity index is 1.49. The number of guanidine groups is 1. The van der Waals surface area contributed by atoms with E-state index >= 15 is 0 Å². The summed E-state index contributed by atoms with van der Waals surface area (Å²) >= 11 is 0. The van der Waals surface area contributed by atoms with Crippen LogP contribution >= 0.6 is 0 Å². The van der Waals surface area contributed by atoms with Crippen molar-refractivity contribution in [3.8, 4) is 11.1 Å². The van der Waals surface area contributed by atoms with Gasteiger partial charge in [0.2, 0.25) is 65.0 Å². The van der Waals surface area contributed by atoms with E-state index in [0.717, 1.165) is 16.7 Å². The molecule has 0 unspecified atom stereocenters.